The largest absolute Gasteiger partial charge is 0.486 e. The van der Waals surface area contributed by atoms with Gasteiger partial charge in [-0.15, -0.1) is 0 Å². The van der Waals surface area contributed by atoms with Gasteiger partial charge in [0.1, 0.15) is 13.2 Å². The zero-order valence-electron chi connectivity index (χ0n) is 12.2. The molecular weight excluding hydrogens is 252 g/mol. The Morgan fingerprint density at radius 2 is 1.90 bits per heavy atom. The van der Waals surface area contributed by atoms with E-state index in [0.717, 1.165) is 35.8 Å². The Labute approximate surface area is 120 Å². The predicted molar refractivity (Wildman–Crippen MR) is 78.1 cm³/mol. The Morgan fingerprint density at radius 1 is 1.15 bits per heavy atom. The van der Waals surface area contributed by atoms with Gasteiger partial charge in [-0.2, -0.15) is 0 Å². The van der Waals surface area contributed by atoms with Gasteiger partial charge in [0.25, 0.3) is 0 Å². The minimum absolute atomic E-state index is 0.356. The maximum Gasteiger partial charge on any atom is 0.167 e. The van der Waals surface area contributed by atoms with Gasteiger partial charge in [-0.25, -0.2) is 0 Å². The smallest absolute Gasteiger partial charge is 0.167 e. The van der Waals surface area contributed by atoms with E-state index in [9.17, 15) is 5.11 Å². The first-order valence-corrected chi connectivity index (χ1v) is 7.86. The first-order valence-electron chi connectivity index (χ1n) is 7.86. The van der Waals surface area contributed by atoms with Gasteiger partial charge in [0.05, 0.1) is 6.10 Å². The van der Waals surface area contributed by atoms with Crippen molar-refractivity contribution in [3.63, 3.8) is 0 Å². The highest BCUT2D eigenvalue weighted by Gasteiger charge is 2.30. The van der Waals surface area contributed by atoms with Crippen molar-refractivity contribution < 1.29 is 14.6 Å². The third kappa shape index (κ3) is 2.64. The zero-order valence-corrected chi connectivity index (χ0v) is 12.2. The lowest BCUT2D eigenvalue weighted by atomic mass is 9.77. The standard InChI is InChI=1S/C17H24O3/c1-2-12-6-8-13(9-7-12)16(18)14-4-3-5-15-17(14)20-11-10-19-15/h3-5,12-13,16,18H,2,6-11H2,1H3. The van der Waals surface area contributed by atoms with E-state index < -0.39 is 6.10 Å². The Balaban J connectivity index is 1.76. The van der Waals surface area contributed by atoms with Crippen LogP contribution in [0.15, 0.2) is 18.2 Å². The Hall–Kier alpha value is -1.22. The summed E-state index contributed by atoms with van der Waals surface area (Å²) < 4.78 is 11.3. The summed E-state index contributed by atoms with van der Waals surface area (Å²) in [5.41, 5.74) is 0.905. The first-order chi connectivity index (χ1) is 9.79. The molecule has 1 heterocycles. The fourth-order valence-corrected chi connectivity index (χ4v) is 3.50. The molecule has 3 heteroatoms. The summed E-state index contributed by atoms with van der Waals surface area (Å²) in [7, 11) is 0. The average Bonchev–Trinajstić information content (AvgIpc) is 2.54. The molecule has 1 unspecified atom stereocenters. The van der Waals surface area contributed by atoms with Crippen LogP contribution in [0.25, 0.3) is 0 Å². The second kappa shape index (κ2) is 6.04. The highest BCUT2D eigenvalue weighted by Crippen LogP contribution is 2.43. The van der Waals surface area contributed by atoms with E-state index in [1.165, 1.54) is 19.3 Å². The van der Waals surface area contributed by atoms with E-state index in [1.54, 1.807) is 0 Å². The molecule has 0 bridgehead atoms. The number of aliphatic hydroxyl groups excluding tert-OH is 1. The van der Waals surface area contributed by atoms with Crippen molar-refractivity contribution in [3.05, 3.63) is 23.8 Å². The number of fused-ring (bicyclic) bond motifs is 1. The number of benzene rings is 1. The Bertz CT molecular complexity index is 450. The molecule has 0 amide bonds. The van der Waals surface area contributed by atoms with Crippen molar-refractivity contribution in [2.45, 2.75) is 45.1 Å². The number of ether oxygens (including phenoxy) is 2. The molecule has 0 spiro atoms. The fraction of sp³-hybridized carbons (Fsp3) is 0.647. The SMILES string of the molecule is CCC1CCC(C(O)c2cccc3c2OCCO3)CC1. The predicted octanol–water partition coefficient (Wildman–Crippen LogP) is 3.71. The summed E-state index contributed by atoms with van der Waals surface area (Å²) in [6.45, 7) is 3.42. The first kappa shape index (κ1) is 13.7. The second-order valence-electron chi connectivity index (χ2n) is 6.01. The van der Waals surface area contributed by atoms with Gasteiger partial charge < -0.3 is 14.6 Å². The van der Waals surface area contributed by atoms with Crippen LogP contribution in [0, 0.1) is 11.8 Å². The van der Waals surface area contributed by atoms with Crippen LogP contribution in [-0.4, -0.2) is 18.3 Å². The molecular formula is C17H24O3. The molecule has 1 fully saturated rings. The normalized spacial score (nSPS) is 27.1. The van der Waals surface area contributed by atoms with Gasteiger partial charge in [0.2, 0.25) is 0 Å². The highest BCUT2D eigenvalue weighted by atomic mass is 16.6. The molecule has 1 atom stereocenters. The third-order valence-corrected chi connectivity index (χ3v) is 4.83. The van der Waals surface area contributed by atoms with E-state index in [-0.39, 0.29) is 0 Å². The van der Waals surface area contributed by atoms with Gasteiger partial charge in [-0.1, -0.05) is 38.3 Å². The van der Waals surface area contributed by atoms with Crippen molar-refractivity contribution in [2.75, 3.05) is 13.2 Å². The van der Waals surface area contributed by atoms with Crippen LogP contribution >= 0.6 is 0 Å². The van der Waals surface area contributed by atoms with Gasteiger partial charge in [-0.3, -0.25) is 0 Å². The Morgan fingerprint density at radius 3 is 2.65 bits per heavy atom. The topological polar surface area (TPSA) is 38.7 Å². The third-order valence-electron chi connectivity index (χ3n) is 4.83. The number of para-hydroxylation sites is 1. The number of hydrogen-bond acceptors (Lipinski definition) is 3. The molecule has 1 aliphatic carbocycles. The summed E-state index contributed by atoms with van der Waals surface area (Å²) in [4.78, 5) is 0. The summed E-state index contributed by atoms with van der Waals surface area (Å²) in [5.74, 6) is 2.73. The van der Waals surface area contributed by atoms with Crippen LogP contribution in [0.3, 0.4) is 0 Å². The molecule has 1 N–H and O–H groups in total. The van der Waals surface area contributed by atoms with Crippen LogP contribution in [0.4, 0.5) is 0 Å². The van der Waals surface area contributed by atoms with Crippen LogP contribution < -0.4 is 9.47 Å². The molecule has 3 nitrogen and oxygen atoms in total. The van der Waals surface area contributed by atoms with Crippen molar-refractivity contribution >= 4 is 0 Å². The monoisotopic (exact) mass is 276 g/mol. The molecule has 2 aliphatic rings. The lowest BCUT2D eigenvalue weighted by Crippen LogP contribution is -2.22. The van der Waals surface area contributed by atoms with E-state index >= 15 is 0 Å². The van der Waals surface area contributed by atoms with Crippen molar-refractivity contribution in [1.29, 1.82) is 0 Å². The van der Waals surface area contributed by atoms with Crippen LogP contribution in [0.1, 0.15) is 50.7 Å². The minimum atomic E-state index is -0.426. The maximum absolute atomic E-state index is 10.7. The summed E-state index contributed by atoms with van der Waals surface area (Å²) >= 11 is 0. The van der Waals surface area contributed by atoms with Gasteiger partial charge >= 0.3 is 0 Å². The van der Waals surface area contributed by atoms with Gasteiger partial charge in [0.15, 0.2) is 11.5 Å². The molecule has 20 heavy (non-hydrogen) atoms. The minimum Gasteiger partial charge on any atom is -0.486 e. The summed E-state index contributed by atoms with van der Waals surface area (Å²) in [6, 6.07) is 5.84. The average molecular weight is 276 g/mol. The highest BCUT2D eigenvalue weighted by molar-refractivity contribution is 5.48. The molecule has 3 rings (SSSR count). The van der Waals surface area contributed by atoms with Gasteiger partial charge in [0, 0.05) is 5.56 Å². The van der Waals surface area contributed by atoms with E-state index in [4.69, 9.17) is 9.47 Å². The van der Waals surface area contributed by atoms with Gasteiger partial charge in [-0.05, 0) is 30.7 Å². The van der Waals surface area contributed by atoms with Crippen molar-refractivity contribution in [1.82, 2.24) is 0 Å². The summed E-state index contributed by atoms with van der Waals surface area (Å²) in [6.07, 6.45) is 5.55. The van der Waals surface area contributed by atoms with E-state index in [0.29, 0.717) is 19.1 Å². The fourth-order valence-electron chi connectivity index (χ4n) is 3.50. The number of aliphatic hydroxyl groups is 1. The lowest BCUT2D eigenvalue weighted by molar-refractivity contribution is 0.0672. The lowest BCUT2D eigenvalue weighted by Gasteiger charge is -2.32. The molecule has 110 valence electrons. The molecule has 1 saturated carbocycles. The molecule has 1 aliphatic heterocycles. The van der Waals surface area contributed by atoms with Crippen LogP contribution in [-0.2, 0) is 0 Å². The van der Waals surface area contributed by atoms with Crippen LogP contribution in [0.5, 0.6) is 11.5 Å². The second-order valence-corrected chi connectivity index (χ2v) is 6.01. The van der Waals surface area contributed by atoms with E-state index in [1.807, 2.05) is 18.2 Å². The molecule has 1 aromatic carbocycles. The quantitative estimate of drug-likeness (QED) is 0.914. The molecule has 0 aromatic heterocycles. The number of rotatable bonds is 3. The molecule has 1 aromatic rings. The summed E-state index contributed by atoms with van der Waals surface area (Å²) in [5, 5.41) is 10.7. The molecule has 0 saturated heterocycles. The van der Waals surface area contributed by atoms with E-state index in [2.05, 4.69) is 6.92 Å². The number of hydrogen-bond donors (Lipinski definition) is 1. The zero-order chi connectivity index (χ0) is 13.9. The molecule has 0 radical (unpaired) electrons. The van der Waals surface area contributed by atoms with Crippen molar-refractivity contribution in [2.24, 2.45) is 11.8 Å². The van der Waals surface area contributed by atoms with Crippen LogP contribution in [0.2, 0.25) is 0 Å². The Kier molecular flexibility index (Phi) is 4.16. The van der Waals surface area contributed by atoms with Crippen molar-refractivity contribution in [3.8, 4) is 11.5 Å². The maximum atomic E-state index is 10.7.